The monoisotopic (exact) mass is 438 g/mol. The Labute approximate surface area is 199 Å². The van der Waals surface area contributed by atoms with E-state index in [-0.39, 0.29) is 5.78 Å². The number of ketones is 1. The smallest absolute Gasteiger partial charge is 0.193 e. The lowest BCUT2D eigenvalue weighted by atomic mass is 9.79. The molecule has 0 amide bonds. The summed E-state index contributed by atoms with van der Waals surface area (Å²) in [6.45, 7) is 4.04. The lowest BCUT2D eigenvalue weighted by Crippen LogP contribution is -2.21. The number of carbonyl (C=O) groups excluding carboxylic acids is 1. The molecule has 0 heterocycles. The Morgan fingerprint density at radius 3 is 1.50 bits per heavy atom. The van der Waals surface area contributed by atoms with Gasteiger partial charge in [-0.05, 0) is 61.4 Å². The molecule has 0 aromatic heterocycles. The van der Waals surface area contributed by atoms with Gasteiger partial charge in [0, 0.05) is 44.5 Å². The molecule has 2 heteroatoms. The van der Waals surface area contributed by atoms with Crippen LogP contribution in [0, 0.1) is 37.5 Å². The Balaban J connectivity index is 1.61. The molecule has 2 nitrogen and oxygen atoms in total. The van der Waals surface area contributed by atoms with Gasteiger partial charge < -0.3 is 5.11 Å². The molecule has 4 aromatic carbocycles. The normalized spacial score (nSPS) is 12.0. The van der Waals surface area contributed by atoms with Gasteiger partial charge in [-0.3, -0.25) is 4.79 Å². The van der Waals surface area contributed by atoms with E-state index in [2.05, 4.69) is 23.7 Å². The predicted molar refractivity (Wildman–Crippen MR) is 135 cm³/mol. The maximum Gasteiger partial charge on any atom is 0.193 e. The van der Waals surface area contributed by atoms with Crippen LogP contribution in [0.2, 0.25) is 0 Å². The Hall–Kier alpha value is -4.37. The zero-order valence-electron chi connectivity index (χ0n) is 19.0. The first-order chi connectivity index (χ1) is 16.5. The Kier molecular flexibility index (Phi) is 5.60. The van der Waals surface area contributed by atoms with Gasteiger partial charge in [-0.15, -0.1) is 0 Å². The summed E-state index contributed by atoms with van der Waals surface area (Å²) >= 11 is 0. The third kappa shape index (κ3) is 4.04. The largest absolute Gasteiger partial charge is 0.384 e. The number of fused-ring (bicyclic) bond motifs is 2. The van der Waals surface area contributed by atoms with Gasteiger partial charge in [0.1, 0.15) is 6.10 Å². The van der Waals surface area contributed by atoms with Crippen LogP contribution < -0.4 is 0 Å². The fourth-order valence-electron chi connectivity index (χ4n) is 4.35. The van der Waals surface area contributed by atoms with Crippen LogP contribution in [0.25, 0.3) is 0 Å². The van der Waals surface area contributed by atoms with Gasteiger partial charge in [0.2, 0.25) is 0 Å². The summed E-state index contributed by atoms with van der Waals surface area (Å²) in [5.74, 6) is 12.6. The molecule has 0 fully saturated rings. The topological polar surface area (TPSA) is 37.3 Å². The molecule has 1 aliphatic rings. The highest BCUT2D eigenvalue weighted by Crippen LogP contribution is 2.38. The zero-order valence-corrected chi connectivity index (χ0v) is 19.0. The summed E-state index contributed by atoms with van der Waals surface area (Å²) in [7, 11) is 0. The Morgan fingerprint density at radius 2 is 1.06 bits per heavy atom. The van der Waals surface area contributed by atoms with E-state index >= 15 is 0 Å². The molecule has 4 aromatic rings. The van der Waals surface area contributed by atoms with Crippen molar-refractivity contribution < 1.29 is 9.90 Å². The van der Waals surface area contributed by atoms with Crippen molar-refractivity contribution in [3.8, 4) is 23.7 Å². The third-order valence-electron chi connectivity index (χ3n) is 5.97. The van der Waals surface area contributed by atoms with Crippen LogP contribution >= 0.6 is 0 Å². The molecule has 162 valence electrons. The number of hydrogen-bond acceptors (Lipinski definition) is 2. The summed E-state index contributed by atoms with van der Waals surface area (Å²) in [4.78, 5) is 13.4. The molecule has 1 N–H and O–H groups in total. The fraction of sp³-hybridized carbons (Fsp3) is 0.0938. The van der Waals surface area contributed by atoms with Crippen LogP contribution in [-0.4, -0.2) is 10.9 Å². The van der Waals surface area contributed by atoms with E-state index in [1.54, 1.807) is 12.1 Å². The lowest BCUT2D eigenvalue weighted by molar-refractivity contribution is 0.101. The van der Waals surface area contributed by atoms with E-state index in [4.69, 9.17) is 0 Å². The van der Waals surface area contributed by atoms with Crippen LogP contribution in [0.15, 0.2) is 84.9 Å². The lowest BCUT2D eigenvalue weighted by Gasteiger charge is -2.26. The SMILES string of the molecule is Cc1cccc(C#Cc2cccc3c2C(O)c2c(C#Cc4cccc(C)c4)cccc2C3=O)c1. The quantitative estimate of drug-likeness (QED) is 0.356. The van der Waals surface area contributed by atoms with Crippen molar-refractivity contribution in [3.05, 3.63) is 141 Å². The van der Waals surface area contributed by atoms with E-state index in [0.29, 0.717) is 33.4 Å². The first kappa shape index (κ1) is 21.5. The van der Waals surface area contributed by atoms with Crippen LogP contribution in [0.1, 0.15) is 66.5 Å². The maximum absolute atomic E-state index is 13.4. The molecule has 34 heavy (non-hydrogen) atoms. The molecule has 0 unspecified atom stereocenters. The fourth-order valence-corrected chi connectivity index (χ4v) is 4.35. The van der Waals surface area contributed by atoms with E-state index in [1.807, 2.05) is 86.6 Å². The highest BCUT2D eigenvalue weighted by Gasteiger charge is 2.33. The van der Waals surface area contributed by atoms with Gasteiger partial charge in [0.25, 0.3) is 0 Å². The molecule has 0 saturated heterocycles. The summed E-state index contributed by atoms with van der Waals surface area (Å²) in [5.41, 5.74) is 7.39. The van der Waals surface area contributed by atoms with Gasteiger partial charge in [0.15, 0.2) is 5.78 Å². The molecule has 0 atom stereocenters. The minimum Gasteiger partial charge on any atom is -0.384 e. The summed E-state index contributed by atoms with van der Waals surface area (Å²) in [6.07, 6.45) is -0.992. The molecular weight excluding hydrogens is 416 g/mol. The average molecular weight is 439 g/mol. The number of aliphatic hydroxyl groups excluding tert-OH is 1. The minimum atomic E-state index is -0.992. The van der Waals surface area contributed by atoms with E-state index < -0.39 is 6.10 Å². The van der Waals surface area contributed by atoms with E-state index in [9.17, 15) is 9.90 Å². The van der Waals surface area contributed by atoms with Crippen LogP contribution in [0.4, 0.5) is 0 Å². The molecule has 1 aliphatic carbocycles. The molecule has 0 aliphatic heterocycles. The molecule has 0 saturated carbocycles. The van der Waals surface area contributed by atoms with Crippen molar-refractivity contribution in [2.45, 2.75) is 20.0 Å². The highest BCUT2D eigenvalue weighted by atomic mass is 16.3. The van der Waals surface area contributed by atoms with Crippen molar-refractivity contribution in [2.75, 3.05) is 0 Å². The van der Waals surface area contributed by atoms with Gasteiger partial charge in [0.05, 0.1) is 0 Å². The van der Waals surface area contributed by atoms with Crippen molar-refractivity contribution in [2.24, 2.45) is 0 Å². The van der Waals surface area contributed by atoms with Gasteiger partial charge in [-0.25, -0.2) is 0 Å². The molecular formula is C32H22O2. The molecule has 5 rings (SSSR count). The number of rotatable bonds is 0. The first-order valence-electron chi connectivity index (χ1n) is 11.2. The van der Waals surface area contributed by atoms with Crippen molar-refractivity contribution >= 4 is 5.78 Å². The molecule has 0 spiro atoms. The molecule has 0 bridgehead atoms. The maximum atomic E-state index is 13.4. The Morgan fingerprint density at radius 1 is 0.618 bits per heavy atom. The Bertz CT molecular complexity index is 1450. The predicted octanol–water partition coefficient (Wildman–Crippen LogP) is 5.73. The van der Waals surface area contributed by atoms with Crippen LogP contribution in [0.3, 0.4) is 0 Å². The summed E-state index contributed by atoms with van der Waals surface area (Å²) < 4.78 is 0. The standard InChI is InChI=1S/C32H22O2/c1-21-7-3-9-23(19-21)15-17-25-11-5-13-27-29(25)32(34)30-26(12-6-14-28(30)31(27)33)18-16-24-10-4-8-22(2)20-24/h3-14,19-20,32,34H,1-2H3. The van der Waals surface area contributed by atoms with Crippen molar-refractivity contribution in [3.63, 3.8) is 0 Å². The second kappa shape index (κ2) is 8.87. The van der Waals surface area contributed by atoms with Crippen LogP contribution in [-0.2, 0) is 0 Å². The minimum absolute atomic E-state index is 0.117. The highest BCUT2D eigenvalue weighted by molar-refractivity contribution is 6.13. The van der Waals surface area contributed by atoms with Crippen molar-refractivity contribution in [1.29, 1.82) is 0 Å². The van der Waals surface area contributed by atoms with Crippen LogP contribution in [0.5, 0.6) is 0 Å². The van der Waals surface area contributed by atoms with Gasteiger partial charge >= 0.3 is 0 Å². The van der Waals surface area contributed by atoms with Gasteiger partial charge in [-0.2, -0.15) is 0 Å². The number of benzene rings is 4. The third-order valence-corrected chi connectivity index (χ3v) is 5.97. The number of aryl methyl sites for hydroxylation is 2. The first-order valence-corrected chi connectivity index (χ1v) is 11.2. The summed E-state index contributed by atoms with van der Waals surface area (Å²) in [6, 6.07) is 26.7. The van der Waals surface area contributed by atoms with Gasteiger partial charge in [-0.1, -0.05) is 72.2 Å². The molecule has 0 radical (unpaired) electrons. The number of aliphatic hydroxyl groups is 1. The second-order valence-corrected chi connectivity index (χ2v) is 8.50. The average Bonchev–Trinajstić information content (AvgIpc) is 2.84. The summed E-state index contributed by atoms with van der Waals surface area (Å²) in [5, 5.41) is 11.5. The van der Waals surface area contributed by atoms with E-state index in [0.717, 1.165) is 22.3 Å². The van der Waals surface area contributed by atoms with E-state index in [1.165, 1.54) is 0 Å². The number of carbonyl (C=O) groups is 1. The van der Waals surface area contributed by atoms with Crippen molar-refractivity contribution in [1.82, 2.24) is 0 Å². The zero-order chi connectivity index (χ0) is 23.7. The second-order valence-electron chi connectivity index (χ2n) is 8.50. The number of hydrogen-bond donors (Lipinski definition) is 1.